The van der Waals surface area contributed by atoms with Crippen molar-refractivity contribution in [2.24, 2.45) is 0 Å². The van der Waals surface area contributed by atoms with E-state index in [1.54, 1.807) is 6.07 Å². The summed E-state index contributed by atoms with van der Waals surface area (Å²) < 4.78 is 5.71. The number of rotatable bonds is 4. The molecule has 3 rings (SSSR count). The molecular formula is C17H16N2O2. The topological polar surface area (TPSA) is 55.0 Å². The number of fused-ring (bicyclic) bond motifs is 1. The van der Waals surface area contributed by atoms with Gasteiger partial charge in [0.1, 0.15) is 18.2 Å². The summed E-state index contributed by atoms with van der Waals surface area (Å²) in [6, 6.07) is 15.2. The minimum atomic E-state index is -0.137. The van der Waals surface area contributed by atoms with Gasteiger partial charge in [-0.2, -0.15) is 0 Å². The number of para-hydroxylation sites is 1. The quantitative estimate of drug-likeness (QED) is 0.799. The van der Waals surface area contributed by atoms with E-state index in [-0.39, 0.29) is 12.2 Å². The molecule has 0 bridgehead atoms. The molecule has 0 saturated carbocycles. The minimum Gasteiger partial charge on any atom is -0.486 e. The molecule has 0 aliphatic carbocycles. The third kappa shape index (κ3) is 2.94. The van der Waals surface area contributed by atoms with E-state index < -0.39 is 0 Å². The van der Waals surface area contributed by atoms with E-state index in [1.807, 2.05) is 36.4 Å². The third-order valence-electron chi connectivity index (χ3n) is 3.34. The average Bonchev–Trinajstić information content (AvgIpc) is 2.53. The monoisotopic (exact) mass is 280 g/mol. The molecule has 0 unspecified atom stereocenters. The summed E-state index contributed by atoms with van der Waals surface area (Å²) in [4.78, 5) is 19.1. The molecule has 1 N–H and O–H groups in total. The summed E-state index contributed by atoms with van der Waals surface area (Å²) in [5.74, 6) is 1.31. The summed E-state index contributed by atoms with van der Waals surface area (Å²) in [5.41, 5.74) is 1.76. The first-order valence-electron chi connectivity index (χ1n) is 6.96. The summed E-state index contributed by atoms with van der Waals surface area (Å²) in [6.45, 7) is 2.34. The Hall–Kier alpha value is -2.62. The highest BCUT2D eigenvalue weighted by Gasteiger charge is 2.04. The lowest BCUT2D eigenvalue weighted by atomic mass is 10.2. The van der Waals surface area contributed by atoms with Crippen molar-refractivity contribution in [3.8, 4) is 5.75 Å². The number of aromatic amines is 1. The van der Waals surface area contributed by atoms with Gasteiger partial charge < -0.3 is 9.72 Å². The molecular weight excluding hydrogens is 264 g/mol. The molecule has 0 amide bonds. The Bertz CT molecular complexity index is 824. The molecule has 4 heteroatoms. The van der Waals surface area contributed by atoms with Gasteiger partial charge in [-0.3, -0.25) is 4.79 Å². The van der Waals surface area contributed by atoms with Crippen molar-refractivity contribution >= 4 is 10.9 Å². The smallest absolute Gasteiger partial charge is 0.258 e. The molecule has 0 atom stereocenters. The number of ether oxygens (including phenoxy) is 1. The Morgan fingerprint density at radius 2 is 2.00 bits per heavy atom. The number of hydrogen-bond acceptors (Lipinski definition) is 3. The van der Waals surface area contributed by atoms with Crippen LogP contribution >= 0.6 is 0 Å². The Morgan fingerprint density at radius 1 is 1.14 bits per heavy atom. The number of nitrogens with one attached hydrogen (secondary N) is 1. The average molecular weight is 280 g/mol. The van der Waals surface area contributed by atoms with Crippen molar-refractivity contribution in [1.82, 2.24) is 9.97 Å². The SMILES string of the molecule is CCc1cccc(OCc2nc3ccccc3c(=O)[nH]2)c1. The lowest BCUT2D eigenvalue weighted by Crippen LogP contribution is -2.13. The van der Waals surface area contributed by atoms with Crippen LogP contribution in [0.5, 0.6) is 5.75 Å². The highest BCUT2D eigenvalue weighted by molar-refractivity contribution is 5.77. The Morgan fingerprint density at radius 3 is 2.86 bits per heavy atom. The van der Waals surface area contributed by atoms with Gasteiger partial charge in [-0.25, -0.2) is 4.98 Å². The fourth-order valence-corrected chi connectivity index (χ4v) is 2.21. The molecule has 0 fully saturated rings. The molecule has 2 aromatic carbocycles. The van der Waals surface area contributed by atoms with Crippen molar-refractivity contribution in [2.45, 2.75) is 20.0 Å². The maximum atomic E-state index is 12.0. The second-order valence-corrected chi connectivity index (χ2v) is 4.82. The first kappa shape index (κ1) is 13.4. The standard InChI is InChI=1S/C17H16N2O2/c1-2-12-6-5-7-13(10-12)21-11-16-18-15-9-4-3-8-14(15)17(20)19-16/h3-10H,2,11H2,1H3,(H,18,19,20). The lowest BCUT2D eigenvalue weighted by molar-refractivity contribution is 0.296. The van der Waals surface area contributed by atoms with E-state index >= 15 is 0 Å². The van der Waals surface area contributed by atoms with Crippen LogP contribution in [-0.4, -0.2) is 9.97 Å². The van der Waals surface area contributed by atoms with Crippen molar-refractivity contribution in [3.05, 3.63) is 70.3 Å². The van der Waals surface area contributed by atoms with Crippen LogP contribution in [0.4, 0.5) is 0 Å². The lowest BCUT2D eigenvalue weighted by Gasteiger charge is -2.07. The van der Waals surface area contributed by atoms with Gasteiger partial charge in [0.25, 0.3) is 5.56 Å². The second-order valence-electron chi connectivity index (χ2n) is 4.82. The Kier molecular flexibility index (Phi) is 3.69. The molecule has 0 saturated heterocycles. The van der Waals surface area contributed by atoms with E-state index in [1.165, 1.54) is 5.56 Å². The summed E-state index contributed by atoms with van der Waals surface area (Å²) in [7, 11) is 0. The molecule has 0 aliphatic heterocycles. The van der Waals surface area contributed by atoms with Gasteiger partial charge in [-0.1, -0.05) is 31.2 Å². The van der Waals surface area contributed by atoms with Crippen molar-refractivity contribution in [1.29, 1.82) is 0 Å². The van der Waals surface area contributed by atoms with Crippen LogP contribution in [0.1, 0.15) is 18.3 Å². The van der Waals surface area contributed by atoms with Crippen LogP contribution < -0.4 is 10.3 Å². The van der Waals surface area contributed by atoms with Gasteiger partial charge in [-0.15, -0.1) is 0 Å². The zero-order valence-electron chi connectivity index (χ0n) is 11.8. The highest BCUT2D eigenvalue weighted by Crippen LogP contribution is 2.15. The number of aryl methyl sites for hydroxylation is 1. The van der Waals surface area contributed by atoms with E-state index in [4.69, 9.17) is 4.74 Å². The molecule has 4 nitrogen and oxygen atoms in total. The molecule has 0 aliphatic rings. The van der Waals surface area contributed by atoms with Crippen LogP contribution in [0.3, 0.4) is 0 Å². The number of benzene rings is 2. The van der Waals surface area contributed by atoms with E-state index in [2.05, 4.69) is 23.0 Å². The van der Waals surface area contributed by atoms with Crippen LogP contribution in [0.15, 0.2) is 53.3 Å². The number of hydrogen-bond donors (Lipinski definition) is 1. The number of nitrogens with zero attached hydrogens (tertiary/aromatic N) is 1. The third-order valence-corrected chi connectivity index (χ3v) is 3.34. The molecule has 21 heavy (non-hydrogen) atoms. The second kappa shape index (κ2) is 5.79. The first-order chi connectivity index (χ1) is 10.3. The molecule has 0 radical (unpaired) electrons. The predicted molar refractivity (Wildman–Crippen MR) is 82.5 cm³/mol. The molecule has 1 heterocycles. The molecule has 1 aromatic heterocycles. The van der Waals surface area contributed by atoms with Gasteiger partial charge in [0.2, 0.25) is 0 Å². The zero-order valence-corrected chi connectivity index (χ0v) is 11.8. The van der Waals surface area contributed by atoms with E-state index in [0.717, 1.165) is 12.2 Å². The normalized spacial score (nSPS) is 10.7. The summed E-state index contributed by atoms with van der Waals surface area (Å²) in [6.07, 6.45) is 0.961. The predicted octanol–water partition coefficient (Wildman–Crippen LogP) is 3.06. The summed E-state index contributed by atoms with van der Waals surface area (Å²) in [5, 5.41) is 0.592. The minimum absolute atomic E-state index is 0.137. The maximum Gasteiger partial charge on any atom is 0.258 e. The first-order valence-corrected chi connectivity index (χ1v) is 6.96. The molecule has 3 aromatic rings. The fourth-order valence-electron chi connectivity index (χ4n) is 2.21. The number of aromatic nitrogens is 2. The van der Waals surface area contributed by atoms with E-state index in [0.29, 0.717) is 16.7 Å². The fraction of sp³-hybridized carbons (Fsp3) is 0.176. The Balaban J connectivity index is 1.83. The largest absolute Gasteiger partial charge is 0.486 e. The summed E-state index contributed by atoms with van der Waals surface area (Å²) >= 11 is 0. The molecule has 0 spiro atoms. The van der Waals surface area contributed by atoms with Gasteiger partial charge in [0.15, 0.2) is 0 Å². The van der Waals surface area contributed by atoms with Crippen LogP contribution in [0.25, 0.3) is 10.9 Å². The van der Waals surface area contributed by atoms with Crippen molar-refractivity contribution in [2.75, 3.05) is 0 Å². The highest BCUT2D eigenvalue weighted by atomic mass is 16.5. The van der Waals surface area contributed by atoms with Crippen LogP contribution in [0, 0.1) is 0 Å². The van der Waals surface area contributed by atoms with E-state index in [9.17, 15) is 4.79 Å². The van der Waals surface area contributed by atoms with Gasteiger partial charge >= 0.3 is 0 Å². The number of H-pyrrole nitrogens is 1. The van der Waals surface area contributed by atoms with Gasteiger partial charge in [0, 0.05) is 0 Å². The maximum absolute atomic E-state index is 12.0. The Labute approximate surface area is 122 Å². The van der Waals surface area contributed by atoms with Gasteiger partial charge in [-0.05, 0) is 36.2 Å². The van der Waals surface area contributed by atoms with Crippen molar-refractivity contribution in [3.63, 3.8) is 0 Å². The van der Waals surface area contributed by atoms with Crippen LogP contribution in [0.2, 0.25) is 0 Å². The van der Waals surface area contributed by atoms with Crippen molar-refractivity contribution < 1.29 is 4.74 Å². The van der Waals surface area contributed by atoms with Gasteiger partial charge in [0.05, 0.1) is 10.9 Å². The molecule has 106 valence electrons. The zero-order chi connectivity index (χ0) is 14.7. The van der Waals surface area contributed by atoms with Crippen LogP contribution in [-0.2, 0) is 13.0 Å².